The summed E-state index contributed by atoms with van der Waals surface area (Å²) in [4.78, 5) is 5.63. The molecular weight excluding hydrogens is 320 g/mol. The van der Waals surface area contributed by atoms with E-state index in [2.05, 4.69) is 4.98 Å². The highest BCUT2D eigenvalue weighted by atomic mass is 35.5. The van der Waals surface area contributed by atoms with Gasteiger partial charge in [0.25, 0.3) is 0 Å². The monoisotopic (exact) mass is 330 g/mol. The SMILES string of the molecule is OCc1ccc(-c2ccc3nc(-c4ccc(Cl)s4)cn3c2)o1. The maximum absolute atomic E-state index is 9.08. The van der Waals surface area contributed by atoms with Crippen LogP contribution in [-0.4, -0.2) is 14.5 Å². The molecule has 0 fully saturated rings. The van der Waals surface area contributed by atoms with E-state index in [1.54, 1.807) is 6.07 Å². The summed E-state index contributed by atoms with van der Waals surface area (Å²) in [6, 6.07) is 11.4. The molecule has 4 aromatic heterocycles. The first-order chi connectivity index (χ1) is 10.7. The number of fused-ring (bicyclic) bond motifs is 1. The van der Waals surface area contributed by atoms with Gasteiger partial charge in [0.05, 0.1) is 14.9 Å². The molecule has 0 amide bonds. The summed E-state index contributed by atoms with van der Waals surface area (Å²) in [5.41, 5.74) is 2.68. The standard InChI is InChI=1S/C16H11ClN2O2S/c17-15-5-4-14(22-15)12-8-19-7-10(1-6-16(19)18-12)13-3-2-11(9-20)21-13/h1-8,20H,9H2. The first-order valence-electron chi connectivity index (χ1n) is 6.67. The predicted octanol–water partition coefficient (Wildman–Crippen LogP) is 4.47. The van der Waals surface area contributed by atoms with Gasteiger partial charge in [0.15, 0.2) is 0 Å². The maximum atomic E-state index is 9.08. The Balaban J connectivity index is 1.77. The van der Waals surface area contributed by atoms with Gasteiger partial charge >= 0.3 is 0 Å². The third-order valence-electron chi connectivity index (χ3n) is 3.38. The van der Waals surface area contributed by atoms with Crippen molar-refractivity contribution in [3.05, 3.63) is 58.9 Å². The molecule has 0 aliphatic carbocycles. The average Bonchev–Trinajstić information content (AvgIpc) is 3.24. The van der Waals surface area contributed by atoms with Crippen molar-refractivity contribution in [2.24, 2.45) is 0 Å². The summed E-state index contributed by atoms with van der Waals surface area (Å²) >= 11 is 7.49. The van der Waals surface area contributed by atoms with E-state index in [4.69, 9.17) is 21.1 Å². The lowest BCUT2D eigenvalue weighted by Gasteiger charge is -1.98. The van der Waals surface area contributed by atoms with Gasteiger partial charge in [-0.05, 0) is 36.4 Å². The van der Waals surface area contributed by atoms with Crippen molar-refractivity contribution in [2.45, 2.75) is 6.61 Å². The zero-order valence-corrected chi connectivity index (χ0v) is 12.9. The van der Waals surface area contributed by atoms with Crippen molar-refractivity contribution in [3.63, 3.8) is 0 Å². The molecular formula is C16H11ClN2O2S. The number of furan rings is 1. The van der Waals surface area contributed by atoms with Crippen LogP contribution in [0.4, 0.5) is 0 Å². The molecule has 0 aromatic carbocycles. The molecule has 4 heterocycles. The summed E-state index contributed by atoms with van der Waals surface area (Å²) in [6.45, 7) is -0.101. The molecule has 0 radical (unpaired) electrons. The van der Waals surface area contributed by atoms with Gasteiger partial charge in [0, 0.05) is 18.0 Å². The highest BCUT2D eigenvalue weighted by Crippen LogP contribution is 2.31. The Morgan fingerprint density at radius 1 is 1.14 bits per heavy atom. The molecule has 1 N–H and O–H groups in total. The minimum Gasteiger partial charge on any atom is -0.459 e. The number of imidazole rings is 1. The molecule has 0 spiro atoms. The molecule has 0 saturated carbocycles. The quantitative estimate of drug-likeness (QED) is 0.603. The molecule has 0 aliphatic heterocycles. The summed E-state index contributed by atoms with van der Waals surface area (Å²) in [6.07, 6.45) is 3.93. The van der Waals surface area contributed by atoms with Crippen LogP contribution in [0.1, 0.15) is 5.76 Å². The van der Waals surface area contributed by atoms with E-state index in [0.717, 1.165) is 31.9 Å². The van der Waals surface area contributed by atoms with Crippen LogP contribution in [0.5, 0.6) is 0 Å². The van der Waals surface area contributed by atoms with Crippen LogP contribution < -0.4 is 0 Å². The average molecular weight is 331 g/mol. The molecule has 4 nitrogen and oxygen atoms in total. The van der Waals surface area contributed by atoms with E-state index < -0.39 is 0 Å². The van der Waals surface area contributed by atoms with Crippen molar-refractivity contribution in [2.75, 3.05) is 0 Å². The highest BCUT2D eigenvalue weighted by Gasteiger charge is 2.09. The van der Waals surface area contributed by atoms with Gasteiger partial charge in [-0.15, -0.1) is 11.3 Å². The van der Waals surface area contributed by atoms with Crippen LogP contribution >= 0.6 is 22.9 Å². The minimum atomic E-state index is -0.101. The fourth-order valence-corrected chi connectivity index (χ4v) is 3.32. The Hall–Kier alpha value is -2.08. The number of pyridine rings is 1. The maximum Gasteiger partial charge on any atom is 0.137 e. The summed E-state index contributed by atoms with van der Waals surface area (Å²) < 4.78 is 8.27. The van der Waals surface area contributed by atoms with Crippen molar-refractivity contribution in [3.8, 4) is 21.9 Å². The van der Waals surface area contributed by atoms with E-state index in [9.17, 15) is 0 Å². The number of halogens is 1. The molecule has 0 atom stereocenters. The molecule has 4 aromatic rings. The first kappa shape index (κ1) is 13.6. The van der Waals surface area contributed by atoms with Crippen molar-refractivity contribution < 1.29 is 9.52 Å². The van der Waals surface area contributed by atoms with Crippen molar-refractivity contribution in [1.29, 1.82) is 0 Å². The smallest absolute Gasteiger partial charge is 0.137 e. The van der Waals surface area contributed by atoms with E-state index in [1.807, 2.05) is 47.1 Å². The summed E-state index contributed by atoms with van der Waals surface area (Å²) in [5, 5.41) is 9.08. The third kappa shape index (κ3) is 2.33. The lowest BCUT2D eigenvalue weighted by molar-refractivity contribution is 0.248. The fourth-order valence-electron chi connectivity index (χ4n) is 2.33. The van der Waals surface area contributed by atoms with Crippen LogP contribution in [0.15, 0.2) is 53.2 Å². The number of hydrogen-bond donors (Lipinski definition) is 1. The molecule has 0 bridgehead atoms. The van der Waals surface area contributed by atoms with Gasteiger partial charge in [0.1, 0.15) is 23.8 Å². The number of rotatable bonds is 3. The molecule has 4 rings (SSSR count). The first-order valence-corrected chi connectivity index (χ1v) is 7.87. The Labute approximate surface area is 135 Å². The van der Waals surface area contributed by atoms with Crippen LogP contribution in [0, 0.1) is 0 Å². The molecule has 6 heteroatoms. The summed E-state index contributed by atoms with van der Waals surface area (Å²) in [5.74, 6) is 1.27. The van der Waals surface area contributed by atoms with Gasteiger partial charge in [-0.25, -0.2) is 4.98 Å². The van der Waals surface area contributed by atoms with Gasteiger partial charge < -0.3 is 13.9 Å². The Kier molecular flexibility index (Phi) is 3.26. The van der Waals surface area contributed by atoms with Crippen LogP contribution in [-0.2, 0) is 6.61 Å². The van der Waals surface area contributed by atoms with Gasteiger partial charge in [-0.1, -0.05) is 11.6 Å². The second-order valence-electron chi connectivity index (χ2n) is 4.84. The number of aliphatic hydroxyl groups excluding tert-OH is 1. The van der Waals surface area contributed by atoms with Crippen molar-refractivity contribution in [1.82, 2.24) is 9.38 Å². The molecule has 0 aliphatic rings. The largest absolute Gasteiger partial charge is 0.459 e. The van der Waals surface area contributed by atoms with Gasteiger partial charge in [-0.2, -0.15) is 0 Å². The molecule has 0 saturated heterocycles. The number of thiophene rings is 1. The highest BCUT2D eigenvalue weighted by molar-refractivity contribution is 7.19. The van der Waals surface area contributed by atoms with E-state index >= 15 is 0 Å². The fraction of sp³-hybridized carbons (Fsp3) is 0.0625. The second-order valence-corrected chi connectivity index (χ2v) is 6.55. The lowest BCUT2D eigenvalue weighted by atomic mass is 10.2. The van der Waals surface area contributed by atoms with E-state index in [1.165, 1.54) is 11.3 Å². The zero-order chi connectivity index (χ0) is 15.1. The number of aliphatic hydroxyl groups is 1. The number of nitrogens with zero attached hydrogens (tertiary/aromatic N) is 2. The van der Waals surface area contributed by atoms with Crippen LogP contribution in [0.2, 0.25) is 4.34 Å². The second kappa shape index (κ2) is 5.28. The zero-order valence-electron chi connectivity index (χ0n) is 11.4. The summed E-state index contributed by atoms with van der Waals surface area (Å²) in [7, 11) is 0. The van der Waals surface area contributed by atoms with Crippen LogP contribution in [0.3, 0.4) is 0 Å². The molecule has 0 unspecified atom stereocenters. The predicted molar refractivity (Wildman–Crippen MR) is 87.1 cm³/mol. The topological polar surface area (TPSA) is 50.7 Å². The molecule has 110 valence electrons. The Morgan fingerprint density at radius 2 is 2.05 bits per heavy atom. The van der Waals surface area contributed by atoms with Crippen LogP contribution in [0.25, 0.3) is 27.5 Å². The molecule has 22 heavy (non-hydrogen) atoms. The van der Waals surface area contributed by atoms with Gasteiger partial charge in [-0.3, -0.25) is 0 Å². The number of hydrogen-bond acceptors (Lipinski definition) is 4. The third-order valence-corrected chi connectivity index (χ3v) is 4.63. The normalized spacial score (nSPS) is 11.4. The lowest BCUT2D eigenvalue weighted by Crippen LogP contribution is -1.84. The van der Waals surface area contributed by atoms with E-state index in [0.29, 0.717) is 5.76 Å². The van der Waals surface area contributed by atoms with Crippen molar-refractivity contribution >= 4 is 28.6 Å². The van der Waals surface area contributed by atoms with Gasteiger partial charge in [0.2, 0.25) is 0 Å². The Morgan fingerprint density at radius 3 is 2.77 bits per heavy atom. The minimum absolute atomic E-state index is 0.101. The Bertz CT molecular complexity index is 954. The number of aromatic nitrogens is 2. The van der Waals surface area contributed by atoms with E-state index in [-0.39, 0.29) is 6.61 Å².